The van der Waals surface area contributed by atoms with Crippen LogP contribution >= 0.6 is 0 Å². The molecule has 504 valence electrons. The van der Waals surface area contributed by atoms with Crippen molar-refractivity contribution in [2.24, 2.45) is 5.92 Å². The van der Waals surface area contributed by atoms with E-state index >= 15 is 0 Å². The van der Waals surface area contributed by atoms with Crippen LogP contribution in [0.25, 0.3) is 72.2 Å². The van der Waals surface area contributed by atoms with Gasteiger partial charge in [0.15, 0.2) is 0 Å². The van der Waals surface area contributed by atoms with Crippen LogP contribution in [0.15, 0.2) is 275 Å². The van der Waals surface area contributed by atoms with E-state index in [-0.39, 0.29) is 29.9 Å². The molecule has 3 amide bonds. The summed E-state index contributed by atoms with van der Waals surface area (Å²) in [6.45, 7) is 18.4. The Bertz CT molecular complexity index is 5070. The zero-order valence-electron chi connectivity index (χ0n) is 56.0. The molecule has 2 fully saturated rings. The van der Waals surface area contributed by atoms with Crippen LogP contribution in [0.1, 0.15) is 39.2 Å². The number of ether oxygens (including phenoxy) is 4. The fourth-order valence-electron chi connectivity index (χ4n) is 12.5. The average Bonchev–Trinajstić information content (AvgIpc) is 1.64. The number of nitrogens with one attached hydrogen (secondary N) is 1. The van der Waals surface area contributed by atoms with E-state index < -0.39 is 0 Å². The van der Waals surface area contributed by atoms with E-state index in [0.29, 0.717) is 18.2 Å². The van der Waals surface area contributed by atoms with Gasteiger partial charge in [0.25, 0.3) is 0 Å². The van der Waals surface area contributed by atoms with Gasteiger partial charge in [-0.15, -0.1) is 0 Å². The zero-order valence-corrected chi connectivity index (χ0v) is 56.0. The maximum absolute atomic E-state index is 12.2. The van der Waals surface area contributed by atoms with Crippen LogP contribution in [0.5, 0.6) is 40.2 Å². The number of anilines is 1. The Morgan fingerprint density at radius 2 is 0.990 bits per heavy atom. The van der Waals surface area contributed by atoms with Crippen molar-refractivity contribution in [2.45, 2.75) is 51.8 Å². The summed E-state index contributed by atoms with van der Waals surface area (Å²) in [4.78, 5) is 52.5. The van der Waals surface area contributed by atoms with Gasteiger partial charge in [-0.3, -0.25) is 38.7 Å². The number of fused-ring (bicyclic) bond motifs is 3. The van der Waals surface area contributed by atoms with Crippen LogP contribution in [0.4, 0.5) is 5.69 Å². The highest BCUT2D eigenvalue weighted by atomic mass is 16.5. The summed E-state index contributed by atoms with van der Waals surface area (Å²) < 4.78 is 29.6. The van der Waals surface area contributed by atoms with Crippen molar-refractivity contribution in [2.75, 3.05) is 31.5 Å². The molecule has 101 heavy (non-hydrogen) atoms. The van der Waals surface area contributed by atoms with Gasteiger partial charge in [0.05, 0.1) is 34.4 Å². The maximum Gasteiger partial charge on any atom is 0.247 e. The summed E-state index contributed by atoms with van der Waals surface area (Å²) in [5, 5.41) is 20.6. The SMILES string of the molecule is C=CC(=O)N1CCC(Cn2nc(-c3ccc(Oc4ccccc4)cc3)c3cnccc32)C1.C=CC(=O)N1CCC[C@@H](n2nc(-c3ccc(Oc4cccc(OC(C)C)c4)cc3)c3cnccc32)C1.C=CC(=O)Nc1cccc(-n2nc(-c3ccc(Oc4ccccc4)cc3)c3cnccc32)c1. The Hall–Kier alpha value is -12.8. The van der Waals surface area contributed by atoms with Gasteiger partial charge in [0.2, 0.25) is 17.7 Å². The number of aromatic nitrogens is 9. The fourth-order valence-corrected chi connectivity index (χ4v) is 12.5. The summed E-state index contributed by atoms with van der Waals surface area (Å²) in [5.74, 6) is 5.41. The summed E-state index contributed by atoms with van der Waals surface area (Å²) >= 11 is 0. The summed E-state index contributed by atoms with van der Waals surface area (Å²) in [7, 11) is 0. The van der Waals surface area contributed by atoms with Crippen molar-refractivity contribution in [3.63, 3.8) is 0 Å². The first-order valence-electron chi connectivity index (χ1n) is 33.5. The number of hydrogen-bond donors (Lipinski definition) is 1. The lowest BCUT2D eigenvalue weighted by atomic mass is 10.1. The Kier molecular flexibility index (Phi) is 20.6. The third kappa shape index (κ3) is 16.0. The molecule has 2 aliphatic heterocycles. The zero-order chi connectivity index (χ0) is 69.6. The van der Waals surface area contributed by atoms with Crippen molar-refractivity contribution >= 4 is 56.1 Å². The van der Waals surface area contributed by atoms with Gasteiger partial charge in [-0.05, 0) is 203 Å². The summed E-state index contributed by atoms with van der Waals surface area (Å²) in [6.07, 6.45) is 17.8. The lowest BCUT2D eigenvalue weighted by molar-refractivity contribution is -0.127. The summed E-state index contributed by atoms with van der Waals surface area (Å²) in [6, 6.07) is 64.2. The molecule has 13 aromatic rings. The van der Waals surface area contributed by atoms with E-state index in [1.807, 2.05) is 252 Å². The second-order valence-corrected chi connectivity index (χ2v) is 24.6. The molecule has 19 nitrogen and oxygen atoms in total. The number of pyridine rings is 3. The van der Waals surface area contributed by atoms with Gasteiger partial charge in [-0.25, -0.2) is 4.68 Å². The second-order valence-electron chi connectivity index (χ2n) is 24.6. The molecule has 1 unspecified atom stereocenters. The molecular formula is C82H74N12O7. The smallest absolute Gasteiger partial charge is 0.247 e. The van der Waals surface area contributed by atoms with E-state index in [4.69, 9.17) is 34.2 Å². The average molecular weight is 1340 g/mol. The molecule has 0 bridgehead atoms. The number of likely N-dealkylation sites (tertiary alicyclic amines) is 2. The molecule has 8 heterocycles. The molecule has 2 aliphatic rings. The molecule has 2 atom stereocenters. The van der Waals surface area contributed by atoms with Crippen LogP contribution in [0.2, 0.25) is 0 Å². The number of piperidine rings is 1. The maximum atomic E-state index is 12.2. The Balaban J connectivity index is 0.000000136. The number of amides is 3. The van der Waals surface area contributed by atoms with E-state index in [1.54, 1.807) is 18.6 Å². The number of carbonyl (C=O) groups excluding carboxylic acids is 3. The molecular weight excluding hydrogens is 1260 g/mol. The van der Waals surface area contributed by atoms with Crippen LogP contribution in [0.3, 0.4) is 0 Å². The first kappa shape index (κ1) is 66.8. The monoisotopic (exact) mass is 1340 g/mol. The van der Waals surface area contributed by atoms with Gasteiger partial charge >= 0.3 is 0 Å². The van der Waals surface area contributed by atoms with Crippen molar-refractivity contribution in [1.29, 1.82) is 0 Å². The van der Waals surface area contributed by atoms with Gasteiger partial charge in [-0.1, -0.05) is 68.3 Å². The van der Waals surface area contributed by atoms with E-state index in [1.165, 1.54) is 18.2 Å². The fraction of sp³-hybridized carbons (Fsp3) is 0.159. The first-order chi connectivity index (χ1) is 49.4. The highest BCUT2D eigenvalue weighted by Crippen LogP contribution is 2.37. The van der Waals surface area contributed by atoms with Crippen LogP contribution in [-0.2, 0) is 20.9 Å². The number of benzene rings is 7. The Labute approximate surface area is 584 Å². The summed E-state index contributed by atoms with van der Waals surface area (Å²) in [5.41, 5.74) is 9.98. The van der Waals surface area contributed by atoms with Crippen molar-refractivity contribution in [3.05, 3.63) is 275 Å². The first-order valence-corrected chi connectivity index (χ1v) is 33.5. The normalized spacial score (nSPS) is 14.1. The van der Waals surface area contributed by atoms with E-state index in [2.05, 4.69) is 44.7 Å². The minimum absolute atomic E-state index is 0.000485. The number of para-hydroxylation sites is 2. The molecule has 19 heteroatoms. The lowest BCUT2D eigenvalue weighted by Gasteiger charge is -2.32. The highest BCUT2D eigenvalue weighted by molar-refractivity contribution is 5.99. The lowest BCUT2D eigenvalue weighted by Crippen LogP contribution is -2.40. The third-order valence-corrected chi connectivity index (χ3v) is 17.3. The van der Waals surface area contributed by atoms with E-state index in [0.717, 1.165) is 158 Å². The van der Waals surface area contributed by atoms with Crippen molar-refractivity contribution in [1.82, 2.24) is 54.1 Å². The number of rotatable bonds is 19. The molecule has 0 radical (unpaired) electrons. The standard InChI is InChI=1S/C29H30N4O3.C27H20N4O2.C26H24N4O2/c1-4-28(34)32-16-6-7-22(19-32)33-27-14-15-30-18-26(27)29(31-33)21-10-12-23(13-11-21)36-25-9-5-8-24(17-25)35-20(2)3;1-2-26(32)29-20-7-6-8-21(17-20)31-25-15-16-28-18-24(25)27(30-31)19-11-13-23(14-12-19)33-22-9-4-3-5-10-22;1-2-25(31)29-15-13-19(17-29)18-30-24-12-14-27-16-23(24)26(28-30)20-8-10-22(11-9-20)32-21-6-4-3-5-7-21/h4-5,8-15,17-18,20,22H,1,6-7,16,19H2,2-3H3;2-18H,1H2,(H,29,32);2-12,14,16,19H,1,13,15,17-18H2/t22-;;/m1../s1. The number of hydrogen-bond acceptors (Lipinski definition) is 13. The molecule has 15 rings (SSSR count). The molecule has 0 saturated carbocycles. The molecule has 2 saturated heterocycles. The quantitative estimate of drug-likeness (QED) is 0.0751. The molecule has 0 aliphatic carbocycles. The molecule has 7 aromatic carbocycles. The second kappa shape index (κ2) is 31.2. The Morgan fingerprint density at radius 3 is 1.57 bits per heavy atom. The Morgan fingerprint density at radius 1 is 0.495 bits per heavy atom. The molecule has 6 aromatic heterocycles. The topological polar surface area (TPSA) is 199 Å². The van der Waals surface area contributed by atoms with Crippen LogP contribution in [-0.4, -0.2) is 104 Å². The van der Waals surface area contributed by atoms with E-state index in [9.17, 15) is 14.4 Å². The van der Waals surface area contributed by atoms with Crippen molar-refractivity contribution < 1.29 is 33.3 Å². The molecule has 1 N–H and O–H groups in total. The molecule has 0 spiro atoms. The van der Waals surface area contributed by atoms with Crippen LogP contribution < -0.4 is 24.3 Å². The number of nitrogens with zero attached hydrogens (tertiary/aromatic N) is 11. The highest BCUT2D eigenvalue weighted by Gasteiger charge is 2.29. The van der Waals surface area contributed by atoms with Gasteiger partial charge in [0.1, 0.15) is 57.3 Å². The largest absolute Gasteiger partial charge is 0.491 e. The van der Waals surface area contributed by atoms with Crippen LogP contribution in [0, 0.1) is 5.92 Å². The third-order valence-electron chi connectivity index (χ3n) is 17.3. The minimum Gasteiger partial charge on any atom is -0.491 e. The number of carbonyl (C=O) groups is 3. The minimum atomic E-state index is -0.264. The predicted octanol–water partition coefficient (Wildman–Crippen LogP) is 17.0. The van der Waals surface area contributed by atoms with Gasteiger partial charge < -0.3 is 34.1 Å². The predicted molar refractivity (Wildman–Crippen MR) is 394 cm³/mol. The van der Waals surface area contributed by atoms with Gasteiger partial charge in [0, 0.05) is 115 Å². The van der Waals surface area contributed by atoms with Crippen molar-refractivity contribution in [3.8, 4) is 79.7 Å². The van der Waals surface area contributed by atoms with Gasteiger partial charge in [-0.2, -0.15) is 15.3 Å².